The molecular weight excluding hydrogens is 965 g/mol. The largest absolute Gasteiger partial charge is 0.496 e. The van der Waals surface area contributed by atoms with Crippen LogP contribution >= 0.6 is 0 Å². The SMILES string of the molecule is CNC(=O)[C@H]1NC(=O)[C@@H](C)NC(=O)[C@@H](NC(=O)OC(C)(C)C)CCn2nncc2-c2cc(ccc2OC)[C@@H](C(=O)NC)NC(=O)[C@@H](C)NC(=O)[C@@H](NC(=O)OC(C)(C)C)CCn2nncc2-c2cc1ccc2OC. The van der Waals surface area contributed by atoms with Crippen molar-refractivity contribution in [3.8, 4) is 34.0 Å². The van der Waals surface area contributed by atoms with Crippen LogP contribution in [0.25, 0.3) is 22.5 Å². The molecule has 4 bridgehead atoms. The molecule has 2 aromatic carbocycles. The van der Waals surface area contributed by atoms with E-state index in [9.17, 15) is 38.4 Å². The van der Waals surface area contributed by atoms with Gasteiger partial charge in [0.2, 0.25) is 35.4 Å². The minimum Gasteiger partial charge on any atom is -0.496 e. The highest BCUT2D eigenvalue weighted by molar-refractivity contribution is 5.95. The fourth-order valence-corrected chi connectivity index (χ4v) is 7.60. The Bertz CT molecular complexity index is 2530. The molecule has 400 valence electrons. The van der Waals surface area contributed by atoms with E-state index in [1.807, 2.05) is 0 Å². The standard InChI is InChI=1S/C48H66N14O12/c1-25-39(63)57-37(43(67)49-9)27-13-15-35(71-11)29(21-27)33-23-52-60-62(33)20-18-32(56-46(70)74-48(6,7)8)42(66)54-26(2)40(64)58-38(44(68)50-10)28-14-16-36(72-12)30(22-28)34-24-51-59-61(34)19-17-31(41(65)53-25)55-45(69)73-47(3,4)5/h13-16,21-26,31-32,37-38H,17-20H2,1-12H3,(H,49,67)(H,50,68)(H,53,65)(H,54,66)(H,55,69)(H,56,70)(H,57,63)(H,58,64)/t25-,26-,31+,32+,37+,38+/m1/s1. The van der Waals surface area contributed by atoms with Gasteiger partial charge in [-0.15, -0.1) is 10.2 Å². The predicted octanol–water partition coefficient (Wildman–Crippen LogP) is 1.32. The number of benzene rings is 2. The van der Waals surface area contributed by atoms with Crippen molar-refractivity contribution in [3.63, 3.8) is 0 Å². The summed E-state index contributed by atoms with van der Waals surface area (Å²) in [5.74, 6) is -3.73. The van der Waals surface area contributed by atoms with Crippen molar-refractivity contribution in [1.29, 1.82) is 0 Å². The van der Waals surface area contributed by atoms with E-state index >= 15 is 0 Å². The van der Waals surface area contributed by atoms with Gasteiger partial charge in [-0.1, -0.05) is 22.6 Å². The Morgan fingerprint density at radius 1 is 0.581 bits per heavy atom. The van der Waals surface area contributed by atoms with Crippen molar-refractivity contribution in [1.82, 2.24) is 72.5 Å². The first-order chi connectivity index (χ1) is 34.9. The van der Waals surface area contributed by atoms with Crippen LogP contribution in [0.2, 0.25) is 0 Å². The lowest BCUT2D eigenvalue weighted by Crippen LogP contribution is -2.54. The highest BCUT2D eigenvalue weighted by atomic mass is 16.6. The first kappa shape index (κ1) is 56.6. The van der Waals surface area contributed by atoms with Crippen molar-refractivity contribution < 1.29 is 57.3 Å². The van der Waals surface area contributed by atoms with Gasteiger partial charge in [0.05, 0.1) is 38.0 Å². The molecule has 0 unspecified atom stereocenters. The third-order valence-corrected chi connectivity index (χ3v) is 11.3. The molecule has 3 heterocycles. The summed E-state index contributed by atoms with van der Waals surface area (Å²) in [7, 11) is 5.61. The molecular formula is C48H66N14O12. The smallest absolute Gasteiger partial charge is 0.408 e. The number of ether oxygens (including phenoxy) is 4. The minimum atomic E-state index is -1.33. The lowest BCUT2D eigenvalue weighted by Gasteiger charge is -2.26. The number of carbonyl (C=O) groups excluding carboxylic acids is 8. The van der Waals surface area contributed by atoms with Gasteiger partial charge < -0.3 is 61.5 Å². The van der Waals surface area contributed by atoms with Gasteiger partial charge in [-0.05, 0) is 104 Å². The van der Waals surface area contributed by atoms with Crippen molar-refractivity contribution in [3.05, 3.63) is 59.9 Å². The molecule has 0 radical (unpaired) electrons. The predicted molar refractivity (Wildman–Crippen MR) is 265 cm³/mol. The quantitative estimate of drug-likeness (QED) is 0.135. The topological polar surface area (TPSA) is 331 Å². The Morgan fingerprint density at radius 3 is 1.27 bits per heavy atom. The van der Waals surface area contributed by atoms with E-state index in [2.05, 4.69) is 63.2 Å². The van der Waals surface area contributed by atoms with Gasteiger partial charge in [-0.2, -0.15) is 0 Å². The number of rotatable bonds is 6. The van der Waals surface area contributed by atoms with E-state index in [1.165, 1.54) is 63.9 Å². The molecule has 5 rings (SSSR count). The first-order valence-electron chi connectivity index (χ1n) is 23.6. The molecule has 0 aliphatic carbocycles. The third kappa shape index (κ3) is 14.9. The van der Waals surface area contributed by atoms with Gasteiger partial charge in [0.25, 0.3) is 0 Å². The van der Waals surface area contributed by atoms with Gasteiger partial charge in [0, 0.05) is 38.3 Å². The normalized spacial score (nSPS) is 20.4. The van der Waals surface area contributed by atoms with Crippen molar-refractivity contribution in [2.24, 2.45) is 0 Å². The summed E-state index contributed by atoms with van der Waals surface area (Å²) in [6, 6.07) is 1.53. The van der Waals surface area contributed by atoms with Crippen LogP contribution in [0.3, 0.4) is 0 Å². The second-order valence-corrected chi connectivity index (χ2v) is 19.2. The van der Waals surface area contributed by atoms with Gasteiger partial charge in [-0.25, -0.2) is 19.0 Å². The van der Waals surface area contributed by atoms with E-state index in [1.54, 1.807) is 77.9 Å². The molecule has 6 atom stereocenters. The highest BCUT2D eigenvalue weighted by Gasteiger charge is 2.33. The zero-order valence-corrected chi connectivity index (χ0v) is 43.5. The summed E-state index contributed by atoms with van der Waals surface area (Å²) in [6.07, 6.45) is 0.715. The van der Waals surface area contributed by atoms with E-state index in [4.69, 9.17) is 18.9 Å². The summed E-state index contributed by atoms with van der Waals surface area (Å²) in [4.78, 5) is 110. The minimum absolute atomic E-state index is 0.0687. The van der Waals surface area contributed by atoms with Crippen molar-refractivity contribution in [2.45, 2.75) is 129 Å². The van der Waals surface area contributed by atoms with Gasteiger partial charge in [0.15, 0.2) is 0 Å². The van der Waals surface area contributed by atoms with E-state index in [0.717, 1.165) is 0 Å². The molecule has 8 N–H and O–H groups in total. The van der Waals surface area contributed by atoms with Crippen LogP contribution in [0.1, 0.15) is 91.4 Å². The summed E-state index contributed by atoms with van der Waals surface area (Å²) in [6.45, 7) is 12.6. The molecule has 74 heavy (non-hydrogen) atoms. The Balaban J connectivity index is 1.62. The maximum atomic E-state index is 14.1. The van der Waals surface area contributed by atoms with E-state index in [-0.39, 0.29) is 37.1 Å². The lowest BCUT2D eigenvalue weighted by atomic mass is 10.00. The molecule has 0 saturated carbocycles. The average Bonchev–Trinajstić information content (AvgIpc) is 4.02. The average molecular weight is 1030 g/mol. The molecule has 4 aromatic rings. The number of nitrogens with one attached hydrogen (secondary N) is 8. The highest BCUT2D eigenvalue weighted by Crippen LogP contribution is 2.34. The number of fused-ring (bicyclic) bond motifs is 8. The maximum Gasteiger partial charge on any atom is 0.408 e. The zero-order chi connectivity index (χ0) is 54.7. The number of amides is 8. The second-order valence-electron chi connectivity index (χ2n) is 19.2. The van der Waals surface area contributed by atoms with Crippen LogP contribution in [-0.2, 0) is 51.3 Å². The Kier molecular flexibility index (Phi) is 18.7. The number of likely N-dealkylation sites (N-methyl/N-ethyl adjacent to an activating group) is 2. The number of aryl methyl sites for hydroxylation is 2. The number of nitrogens with zero attached hydrogens (tertiary/aromatic N) is 6. The number of aromatic nitrogens is 6. The van der Waals surface area contributed by atoms with Crippen molar-refractivity contribution >= 4 is 47.6 Å². The summed E-state index contributed by atoms with van der Waals surface area (Å²) < 4.78 is 25.2. The van der Waals surface area contributed by atoms with Crippen LogP contribution < -0.4 is 52.0 Å². The molecule has 8 amide bonds. The number of hydrogen-bond acceptors (Lipinski definition) is 16. The van der Waals surface area contributed by atoms with Gasteiger partial charge in [-0.3, -0.25) is 28.8 Å². The number of hydrogen-bond donors (Lipinski definition) is 8. The number of alkyl carbamates (subject to hydrolysis) is 2. The fourth-order valence-electron chi connectivity index (χ4n) is 7.60. The van der Waals surface area contributed by atoms with Crippen LogP contribution in [0.4, 0.5) is 9.59 Å². The summed E-state index contributed by atoms with van der Waals surface area (Å²) in [5, 5.41) is 37.6. The van der Waals surface area contributed by atoms with Crippen LogP contribution in [0.5, 0.6) is 11.5 Å². The zero-order valence-electron chi connectivity index (χ0n) is 43.5. The molecule has 0 fully saturated rings. The summed E-state index contributed by atoms with van der Waals surface area (Å²) in [5.41, 5.74) is 0.0705. The molecule has 26 nitrogen and oxygen atoms in total. The lowest BCUT2D eigenvalue weighted by molar-refractivity contribution is -0.132. The molecule has 0 saturated heterocycles. The monoisotopic (exact) mass is 1030 g/mol. The van der Waals surface area contributed by atoms with Crippen LogP contribution in [0.15, 0.2) is 48.8 Å². The number of carbonyl (C=O) groups is 8. The number of methoxy groups -OCH3 is 2. The van der Waals surface area contributed by atoms with Crippen molar-refractivity contribution in [2.75, 3.05) is 28.3 Å². The maximum absolute atomic E-state index is 14.1. The van der Waals surface area contributed by atoms with Gasteiger partial charge >= 0.3 is 12.2 Å². The molecule has 1 aliphatic rings. The Morgan fingerprint density at radius 2 is 0.946 bits per heavy atom. The molecule has 0 spiro atoms. The van der Waals surface area contributed by atoms with Crippen LogP contribution in [0, 0.1) is 0 Å². The van der Waals surface area contributed by atoms with E-state index in [0.29, 0.717) is 34.0 Å². The van der Waals surface area contributed by atoms with E-state index < -0.39 is 95.1 Å². The molecule has 26 heteroatoms. The molecule has 2 aromatic heterocycles. The Hall–Kier alpha value is -8.32. The summed E-state index contributed by atoms with van der Waals surface area (Å²) >= 11 is 0. The molecule has 1 aliphatic heterocycles. The van der Waals surface area contributed by atoms with Crippen LogP contribution in [-0.4, -0.2) is 141 Å². The first-order valence-corrected chi connectivity index (χ1v) is 23.6. The third-order valence-electron chi connectivity index (χ3n) is 11.3. The Labute approximate surface area is 427 Å². The van der Waals surface area contributed by atoms with Gasteiger partial charge in [0.1, 0.15) is 59.0 Å². The fraction of sp³-hybridized carbons (Fsp3) is 0.500. The second kappa shape index (κ2) is 24.4.